The molecule has 0 spiro atoms. The Kier molecular flexibility index (Phi) is 8.04. The summed E-state index contributed by atoms with van der Waals surface area (Å²) in [6.07, 6.45) is 0. The van der Waals surface area contributed by atoms with Gasteiger partial charge in [-0.25, -0.2) is 0 Å². The minimum absolute atomic E-state index is 0.0238. The van der Waals surface area contributed by atoms with Crippen molar-refractivity contribution in [1.82, 2.24) is 9.80 Å². The number of hydrogen-bond acceptors (Lipinski definition) is 5. The number of anilines is 1. The fourth-order valence-electron chi connectivity index (χ4n) is 3.27. The number of likely N-dealkylation sites (N-methyl/N-ethyl adjacent to an activating group) is 1. The summed E-state index contributed by atoms with van der Waals surface area (Å²) in [4.78, 5) is 16.6. The summed E-state index contributed by atoms with van der Waals surface area (Å²) < 4.78 is 11.2. The molecule has 0 atom stereocenters. The van der Waals surface area contributed by atoms with Gasteiger partial charge in [-0.1, -0.05) is 30.3 Å². The van der Waals surface area contributed by atoms with E-state index in [0.29, 0.717) is 19.7 Å². The van der Waals surface area contributed by atoms with Gasteiger partial charge in [0.1, 0.15) is 12.4 Å². The highest BCUT2D eigenvalue weighted by Gasteiger charge is 2.11. The highest BCUT2D eigenvalue weighted by Crippen LogP contribution is 2.16. The van der Waals surface area contributed by atoms with Crippen LogP contribution in [0.15, 0.2) is 48.5 Å². The van der Waals surface area contributed by atoms with Crippen molar-refractivity contribution < 1.29 is 14.3 Å². The van der Waals surface area contributed by atoms with Crippen molar-refractivity contribution in [3.63, 3.8) is 0 Å². The van der Waals surface area contributed by atoms with Crippen LogP contribution in [0.3, 0.4) is 0 Å². The van der Waals surface area contributed by atoms with Gasteiger partial charge >= 0.3 is 0 Å². The monoisotopic (exact) mass is 397 g/mol. The number of para-hydroxylation sites is 1. The first-order valence-corrected chi connectivity index (χ1v) is 10.2. The topological polar surface area (TPSA) is 54.0 Å². The van der Waals surface area contributed by atoms with E-state index in [1.54, 1.807) is 0 Å². The highest BCUT2D eigenvalue weighted by atomic mass is 16.5. The van der Waals surface area contributed by atoms with Crippen molar-refractivity contribution in [2.75, 3.05) is 58.4 Å². The van der Waals surface area contributed by atoms with Crippen LogP contribution in [-0.4, -0.2) is 68.8 Å². The number of benzene rings is 2. The predicted octanol–water partition coefficient (Wildman–Crippen LogP) is 2.78. The third-order valence-corrected chi connectivity index (χ3v) is 4.99. The van der Waals surface area contributed by atoms with Gasteiger partial charge in [-0.2, -0.15) is 0 Å². The Morgan fingerprint density at radius 2 is 1.86 bits per heavy atom. The van der Waals surface area contributed by atoms with E-state index >= 15 is 0 Å². The standard InChI is InChI=1S/C23H31N3O3/c1-19-5-3-4-6-22(19)29-16-11-25(2)18-23(27)24-21-9-7-20(8-10-21)17-26-12-14-28-15-13-26/h3-10H,11-18H2,1-2H3,(H,24,27). The molecule has 1 fully saturated rings. The largest absolute Gasteiger partial charge is 0.492 e. The summed E-state index contributed by atoms with van der Waals surface area (Å²) in [5, 5.41) is 2.97. The van der Waals surface area contributed by atoms with Crippen LogP contribution in [0.2, 0.25) is 0 Å². The summed E-state index contributed by atoms with van der Waals surface area (Å²) in [7, 11) is 1.92. The van der Waals surface area contributed by atoms with E-state index in [4.69, 9.17) is 9.47 Å². The number of ether oxygens (including phenoxy) is 2. The molecule has 0 aliphatic carbocycles. The molecule has 0 radical (unpaired) electrons. The van der Waals surface area contributed by atoms with Crippen molar-refractivity contribution in [2.45, 2.75) is 13.5 Å². The molecule has 156 valence electrons. The Morgan fingerprint density at radius 1 is 1.14 bits per heavy atom. The quantitative estimate of drug-likeness (QED) is 0.705. The second kappa shape index (κ2) is 11.0. The molecule has 1 aliphatic rings. The summed E-state index contributed by atoms with van der Waals surface area (Å²) in [5.74, 6) is 0.867. The van der Waals surface area contributed by atoms with Crippen molar-refractivity contribution in [3.05, 3.63) is 59.7 Å². The number of morpholine rings is 1. The number of carbonyl (C=O) groups is 1. The van der Waals surface area contributed by atoms with Crippen LogP contribution in [0.25, 0.3) is 0 Å². The molecule has 1 N–H and O–H groups in total. The van der Waals surface area contributed by atoms with Gasteiger partial charge in [-0.05, 0) is 43.3 Å². The molecule has 1 saturated heterocycles. The highest BCUT2D eigenvalue weighted by molar-refractivity contribution is 5.92. The van der Waals surface area contributed by atoms with Crippen molar-refractivity contribution in [3.8, 4) is 5.75 Å². The van der Waals surface area contributed by atoms with Gasteiger partial charge in [0.15, 0.2) is 0 Å². The van der Waals surface area contributed by atoms with Crippen LogP contribution < -0.4 is 10.1 Å². The average molecular weight is 398 g/mol. The Morgan fingerprint density at radius 3 is 2.59 bits per heavy atom. The predicted molar refractivity (Wildman–Crippen MR) is 115 cm³/mol. The maximum absolute atomic E-state index is 12.3. The molecule has 29 heavy (non-hydrogen) atoms. The number of aryl methyl sites for hydroxylation is 1. The van der Waals surface area contributed by atoms with E-state index in [0.717, 1.165) is 49.8 Å². The minimum atomic E-state index is -0.0238. The summed E-state index contributed by atoms with van der Waals surface area (Å²) in [6, 6.07) is 16.0. The molecule has 1 amide bonds. The van der Waals surface area contributed by atoms with Crippen LogP contribution in [0.5, 0.6) is 5.75 Å². The van der Waals surface area contributed by atoms with Gasteiger partial charge in [-0.15, -0.1) is 0 Å². The first kappa shape index (κ1) is 21.3. The molecule has 2 aromatic carbocycles. The SMILES string of the molecule is Cc1ccccc1OCCN(C)CC(=O)Nc1ccc(CN2CCOCC2)cc1. The first-order valence-electron chi connectivity index (χ1n) is 10.2. The lowest BCUT2D eigenvalue weighted by molar-refractivity contribution is -0.117. The van der Waals surface area contributed by atoms with E-state index in [9.17, 15) is 4.79 Å². The molecule has 6 nitrogen and oxygen atoms in total. The van der Waals surface area contributed by atoms with E-state index in [1.165, 1.54) is 5.56 Å². The lowest BCUT2D eigenvalue weighted by Gasteiger charge is -2.26. The molecule has 0 aromatic heterocycles. The Bertz CT molecular complexity index is 773. The third-order valence-electron chi connectivity index (χ3n) is 4.99. The van der Waals surface area contributed by atoms with Gasteiger partial charge in [0.05, 0.1) is 19.8 Å². The smallest absolute Gasteiger partial charge is 0.238 e. The fraction of sp³-hybridized carbons (Fsp3) is 0.435. The zero-order chi connectivity index (χ0) is 20.5. The molecule has 0 unspecified atom stereocenters. The van der Waals surface area contributed by atoms with Gasteiger partial charge in [0, 0.05) is 31.9 Å². The number of carbonyl (C=O) groups excluding carboxylic acids is 1. The number of rotatable bonds is 9. The van der Waals surface area contributed by atoms with Gasteiger partial charge in [0.25, 0.3) is 0 Å². The second-order valence-corrected chi connectivity index (χ2v) is 7.49. The number of hydrogen-bond donors (Lipinski definition) is 1. The normalized spacial score (nSPS) is 14.7. The number of amides is 1. The molecule has 6 heteroatoms. The average Bonchev–Trinajstić information content (AvgIpc) is 2.71. The molecule has 3 rings (SSSR count). The summed E-state index contributed by atoms with van der Waals surface area (Å²) >= 11 is 0. The van der Waals surface area contributed by atoms with Crippen LogP contribution >= 0.6 is 0 Å². The molecular formula is C23H31N3O3. The molecular weight excluding hydrogens is 366 g/mol. The van der Waals surface area contributed by atoms with Crippen molar-refractivity contribution in [1.29, 1.82) is 0 Å². The third kappa shape index (κ3) is 7.16. The summed E-state index contributed by atoms with van der Waals surface area (Å²) in [6.45, 7) is 8.05. The Labute approximate surface area is 173 Å². The Hall–Kier alpha value is -2.41. The zero-order valence-electron chi connectivity index (χ0n) is 17.4. The van der Waals surface area contributed by atoms with Crippen molar-refractivity contribution in [2.24, 2.45) is 0 Å². The molecule has 2 aromatic rings. The molecule has 0 saturated carbocycles. The van der Waals surface area contributed by atoms with Crippen LogP contribution in [0.4, 0.5) is 5.69 Å². The summed E-state index contributed by atoms with van der Waals surface area (Å²) in [5.41, 5.74) is 3.19. The first-order chi connectivity index (χ1) is 14.1. The minimum Gasteiger partial charge on any atom is -0.492 e. The van der Waals surface area contributed by atoms with Crippen LogP contribution in [-0.2, 0) is 16.1 Å². The molecule has 0 bridgehead atoms. The van der Waals surface area contributed by atoms with E-state index in [1.807, 2.05) is 55.3 Å². The lowest BCUT2D eigenvalue weighted by Crippen LogP contribution is -2.35. The maximum Gasteiger partial charge on any atom is 0.238 e. The number of nitrogens with one attached hydrogen (secondary N) is 1. The van der Waals surface area contributed by atoms with Gasteiger partial charge < -0.3 is 14.8 Å². The van der Waals surface area contributed by atoms with E-state index in [-0.39, 0.29) is 5.91 Å². The van der Waals surface area contributed by atoms with Crippen LogP contribution in [0.1, 0.15) is 11.1 Å². The second-order valence-electron chi connectivity index (χ2n) is 7.49. The van der Waals surface area contributed by atoms with Gasteiger partial charge in [-0.3, -0.25) is 14.6 Å². The maximum atomic E-state index is 12.3. The lowest BCUT2D eigenvalue weighted by atomic mass is 10.2. The van der Waals surface area contributed by atoms with E-state index in [2.05, 4.69) is 22.3 Å². The van der Waals surface area contributed by atoms with E-state index < -0.39 is 0 Å². The zero-order valence-corrected chi connectivity index (χ0v) is 17.4. The fourth-order valence-corrected chi connectivity index (χ4v) is 3.27. The van der Waals surface area contributed by atoms with Gasteiger partial charge in [0.2, 0.25) is 5.91 Å². The molecule has 1 heterocycles. The molecule has 1 aliphatic heterocycles. The Balaban J connectivity index is 1.37. The van der Waals surface area contributed by atoms with Crippen LogP contribution in [0, 0.1) is 6.92 Å². The number of nitrogens with zero attached hydrogens (tertiary/aromatic N) is 2. The van der Waals surface area contributed by atoms with Crippen molar-refractivity contribution >= 4 is 11.6 Å².